The molecule has 1 aliphatic carbocycles. The molecule has 5 heteroatoms. The Balaban J connectivity index is 1.31. The average Bonchev–Trinajstić information content (AvgIpc) is 3.11. The van der Waals surface area contributed by atoms with Crippen LogP contribution in [0.5, 0.6) is 5.75 Å². The van der Waals surface area contributed by atoms with Crippen molar-refractivity contribution in [3.63, 3.8) is 0 Å². The first-order valence-corrected chi connectivity index (χ1v) is 9.71. The number of rotatable bonds is 5. The standard InChI is InChI=1S/C21H25ClN2O2/c22-20-4-2-1-3-15(20)9-21(26)10-16-13-24(14-17(16)11-21)8-7-18-5-6-19(25)12-23-18/h1-6,12,16-17,25-26H,7-11,13-14H2/t16-,17+,21-. The fourth-order valence-corrected chi connectivity index (χ4v) is 4.92. The Hall–Kier alpha value is -1.62. The fraction of sp³-hybridized carbons (Fsp3) is 0.476. The number of nitrogens with zero attached hydrogens (tertiary/aromatic N) is 2. The molecule has 1 aliphatic heterocycles. The molecule has 1 saturated heterocycles. The molecule has 3 atom stereocenters. The Morgan fingerprint density at radius 2 is 1.85 bits per heavy atom. The van der Waals surface area contributed by atoms with Gasteiger partial charge < -0.3 is 15.1 Å². The molecular formula is C21H25ClN2O2. The van der Waals surface area contributed by atoms with Crippen LogP contribution < -0.4 is 0 Å². The van der Waals surface area contributed by atoms with Crippen LogP contribution in [0, 0.1) is 11.8 Å². The minimum Gasteiger partial charge on any atom is -0.506 e. The largest absolute Gasteiger partial charge is 0.506 e. The van der Waals surface area contributed by atoms with Crippen molar-refractivity contribution in [1.29, 1.82) is 0 Å². The third kappa shape index (κ3) is 3.88. The normalized spacial score (nSPS) is 28.4. The molecule has 26 heavy (non-hydrogen) atoms. The molecule has 2 heterocycles. The maximum Gasteiger partial charge on any atom is 0.133 e. The maximum absolute atomic E-state index is 11.1. The summed E-state index contributed by atoms with van der Waals surface area (Å²) in [5, 5.41) is 21.1. The van der Waals surface area contributed by atoms with Crippen molar-refractivity contribution >= 4 is 11.6 Å². The number of hydrogen-bond acceptors (Lipinski definition) is 4. The molecule has 0 radical (unpaired) electrons. The summed E-state index contributed by atoms with van der Waals surface area (Å²) < 4.78 is 0. The van der Waals surface area contributed by atoms with Gasteiger partial charge in [-0.2, -0.15) is 0 Å². The number of halogens is 1. The molecule has 1 aromatic carbocycles. The van der Waals surface area contributed by atoms with E-state index in [0.717, 1.165) is 55.2 Å². The van der Waals surface area contributed by atoms with Gasteiger partial charge in [-0.3, -0.25) is 4.98 Å². The van der Waals surface area contributed by atoms with Crippen molar-refractivity contribution < 1.29 is 10.2 Å². The van der Waals surface area contributed by atoms with E-state index in [4.69, 9.17) is 11.6 Å². The van der Waals surface area contributed by atoms with Gasteiger partial charge in [0.1, 0.15) is 5.75 Å². The third-order valence-corrected chi connectivity index (χ3v) is 6.28. The first-order chi connectivity index (χ1) is 12.5. The van der Waals surface area contributed by atoms with E-state index >= 15 is 0 Å². The van der Waals surface area contributed by atoms with E-state index in [9.17, 15) is 10.2 Å². The third-order valence-electron chi connectivity index (χ3n) is 5.91. The van der Waals surface area contributed by atoms with E-state index in [1.54, 1.807) is 6.07 Å². The number of fused-ring (bicyclic) bond motifs is 1. The van der Waals surface area contributed by atoms with Crippen molar-refractivity contribution in [1.82, 2.24) is 9.88 Å². The number of pyridine rings is 1. The molecule has 0 amide bonds. The molecule has 138 valence electrons. The number of likely N-dealkylation sites (tertiary alicyclic amines) is 1. The van der Waals surface area contributed by atoms with Crippen LogP contribution in [0.2, 0.25) is 5.02 Å². The van der Waals surface area contributed by atoms with Gasteiger partial charge in [-0.1, -0.05) is 29.8 Å². The first-order valence-electron chi connectivity index (χ1n) is 9.33. The predicted octanol–water partition coefficient (Wildman–Crippen LogP) is 3.30. The van der Waals surface area contributed by atoms with E-state index in [-0.39, 0.29) is 5.75 Å². The number of hydrogen-bond donors (Lipinski definition) is 2. The number of benzene rings is 1. The highest BCUT2D eigenvalue weighted by molar-refractivity contribution is 6.31. The topological polar surface area (TPSA) is 56.6 Å². The Bertz CT molecular complexity index is 751. The van der Waals surface area contributed by atoms with Gasteiger partial charge in [-0.15, -0.1) is 0 Å². The van der Waals surface area contributed by atoms with Gasteiger partial charge >= 0.3 is 0 Å². The van der Waals surface area contributed by atoms with Crippen LogP contribution in [0.4, 0.5) is 0 Å². The molecule has 0 bridgehead atoms. The van der Waals surface area contributed by atoms with E-state index in [0.29, 0.717) is 18.3 Å². The Labute approximate surface area is 159 Å². The van der Waals surface area contributed by atoms with Gasteiger partial charge in [0.15, 0.2) is 0 Å². The molecule has 4 nitrogen and oxygen atoms in total. The molecule has 2 N–H and O–H groups in total. The van der Waals surface area contributed by atoms with Gasteiger partial charge in [0, 0.05) is 43.2 Å². The minimum atomic E-state index is -0.620. The van der Waals surface area contributed by atoms with Crippen LogP contribution in [0.3, 0.4) is 0 Å². The van der Waals surface area contributed by atoms with Crippen LogP contribution >= 0.6 is 11.6 Å². The zero-order valence-corrected chi connectivity index (χ0v) is 15.6. The van der Waals surface area contributed by atoms with Gasteiger partial charge in [-0.25, -0.2) is 0 Å². The Kier molecular flexibility index (Phi) is 4.91. The molecule has 2 aromatic rings. The number of aromatic nitrogens is 1. The second kappa shape index (κ2) is 7.18. The highest BCUT2D eigenvalue weighted by Gasteiger charge is 2.48. The van der Waals surface area contributed by atoms with Gasteiger partial charge in [0.2, 0.25) is 0 Å². The summed E-state index contributed by atoms with van der Waals surface area (Å²) in [6.45, 7) is 3.08. The first kappa shape index (κ1) is 17.8. The van der Waals surface area contributed by atoms with E-state index in [2.05, 4.69) is 9.88 Å². The second-order valence-corrected chi connectivity index (χ2v) is 8.35. The number of aromatic hydroxyl groups is 1. The van der Waals surface area contributed by atoms with Gasteiger partial charge in [0.25, 0.3) is 0 Å². The lowest BCUT2D eigenvalue weighted by Crippen LogP contribution is -2.32. The summed E-state index contributed by atoms with van der Waals surface area (Å²) in [5.41, 5.74) is 1.44. The summed E-state index contributed by atoms with van der Waals surface area (Å²) in [6, 6.07) is 11.4. The average molecular weight is 373 g/mol. The quantitative estimate of drug-likeness (QED) is 0.845. The zero-order chi connectivity index (χ0) is 18.1. The molecule has 2 aliphatic rings. The molecule has 2 fully saturated rings. The predicted molar refractivity (Wildman–Crippen MR) is 102 cm³/mol. The Morgan fingerprint density at radius 1 is 1.12 bits per heavy atom. The lowest BCUT2D eigenvalue weighted by Gasteiger charge is -2.26. The Morgan fingerprint density at radius 3 is 2.50 bits per heavy atom. The highest BCUT2D eigenvalue weighted by Crippen LogP contribution is 2.45. The minimum absolute atomic E-state index is 0.210. The van der Waals surface area contributed by atoms with Crippen molar-refractivity contribution in [2.75, 3.05) is 19.6 Å². The van der Waals surface area contributed by atoms with Gasteiger partial charge in [-0.05, 0) is 48.4 Å². The summed E-state index contributed by atoms with van der Waals surface area (Å²) in [6.07, 6.45) is 4.76. The van der Waals surface area contributed by atoms with Crippen molar-refractivity contribution in [2.45, 2.75) is 31.3 Å². The smallest absolute Gasteiger partial charge is 0.133 e. The van der Waals surface area contributed by atoms with Crippen LogP contribution in [0.15, 0.2) is 42.6 Å². The lowest BCUT2D eigenvalue weighted by atomic mass is 9.91. The lowest BCUT2D eigenvalue weighted by molar-refractivity contribution is 0.0355. The van der Waals surface area contributed by atoms with Crippen molar-refractivity contribution in [3.05, 3.63) is 58.9 Å². The second-order valence-electron chi connectivity index (χ2n) is 7.94. The van der Waals surface area contributed by atoms with Crippen molar-refractivity contribution in [2.24, 2.45) is 11.8 Å². The summed E-state index contributed by atoms with van der Waals surface area (Å²) in [5.74, 6) is 1.34. The molecule has 4 rings (SSSR count). The molecule has 1 aromatic heterocycles. The van der Waals surface area contributed by atoms with Crippen LogP contribution in [-0.4, -0.2) is 45.3 Å². The molecule has 1 saturated carbocycles. The SMILES string of the molecule is Oc1ccc(CCN2C[C@@H]3C[C@@](O)(Cc4ccccc4Cl)C[C@@H]3C2)nc1. The molecule has 0 spiro atoms. The van der Waals surface area contributed by atoms with Crippen LogP contribution in [0.25, 0.3) is 0 Å². The van der Waals surface area contributed by atoms with Gasteiger partial charge in [0.05, 0.1) is 11.8 Å². The summed E-state index contributed by atoms with van der Waals surface area (Å²) in [7, 11) is 0. The van der Waals surface area contributed by atoms with Crippen LogP contribution in [-0.2, 0) is 12.8 Å². The van der Waals surface area contributed by atoms with E-state index in [1.807, 2.05) is 30.3 Å². The van der Waals surface area contributed by atoms with Crippen molar-refractivity contribution in [3.8, 4) is 5.75 Å². The summed E-state index contributed by atoms with van der Waals surface area (Å²) in [4.78, 5) is 6.75. The van der Waals surface area contributed by atoms with E-state index in [1.165, 1.54) is 6.20 Å². The van der Waals surface area contributed by atoms with Crippen LogP contribution in [0.1, 0.15) is 24.1 Å². The molecule has 0 unspecified atom stereocenters. The molecular weight excluding hydrogens is 348 g/mol. The van der Waals surface area contributed by atoms with E-state index < -0.39 is 5.60 Å². The summed E-state index contributed by atoms with van der Waals surface area (Å²) >= 11 is 6.28. The highest BCUT2D eigenvalue weighted by atomic mass is 35.5. The zero-order valence-electron chi connectivity index (χ0n) is 14.8. The number of aliphatic hydroxyl groups is 1. The fourth-order valence-electron chi connectivity index (χ4n) is 4.72. The maximum atomic E-state index is 11.1. The monoisotopic (exact) mass is 372 g/mol.